The van der Waals surface area contributed by atoms with E-state index in [-0.39, 0.29) is 6.10 Å². The largest absolute Gasteiger partial charge is 0.393 e. The second-order valence-corrected chi connectivity index (χ2v) is 6.44. The fraction of sp³-hybridized carbons (Fsp3) is 0.900. The molecule has 21 heavy (non-hydrogen) atoms. The van der Waals surface area contributed by atoms with Gasteiger partial charge >= 0.3 is 0 Å². The maximum Gasteiger partial charge on any atom is 0.0537 e. The van der Waals surface area contributed by atoms with Crippen LogP contribution >= 0.6 is 0 Å². The number of unbranched alkanes of at least 4 members (excludes halogenated alkanes) is 11. The molecule has 0 bridgehead atoms. The summed E-state index contributed by atoms with van der Waals surface area (Å²) in [6.45, 7) is 4.33. The van der Waals surface area contributed by atoms with Crippen molar-refractivity contribution in [1.29, 1.82) is 0 Å². The van der Waals surface area contributed by atoms with E-state index in [2.05, 4.69) is 26.0 Å². The van der Waals surface area contributed by atoms with Gasteiger partial charge in [-0.1, -0.05) is 83.8 Å². The van der Waals surface area contributed by atoms with E-state index in [0.29, 0.717) is 0 Å². The summed E-state index contributed by atoms with van der Waals surface area (Å²) in [5.41, 5.74) is 0. The summed E-state index contributed by atoms with van der Waals surface area (Å²) in [6, 6.07) is 0. The number of aliphatic hydroxyl groups is 1. The Morgan fingerprint density at radius 1 is 0.667 bits per heavy atom. The first-order valence-corrected chi connectivity index (χ1v) is 9.64. The molecule has 1 atom stereocenters. The highest BCUT2D eigenvalue weighted by atomic mass is 16.3. The summed E-state index contributed by atoms with van der Waals surface area (Å²) >= 11 is 0. The van der Waals surface area contributed by atoms with Crippen molar-refractivity contribution >= 4 is 0 Å². The predicted molar refractivity (Wildman–Crippen MR) is 95.7 cm³/mol. The zero-order valence-corrected chi connectivity index (χ0v) is 14.8. The van der Waals surface area contributed by atoms with Crippen LogP contribution in [0, 0.1) is 0 Å². The molecule has 126 valence electrons. The quantitative estimate of drug-likeness (QED) is 0.245. The summed E-state index contributed by atoms with van der Waals surface area (Å²) in [6.07, 6.45) is 24.0. The molecule has 0 aromatic rings. The number of hydrogen-bond acceptors (Lipinski definition) is 1. The zero-order chi connectivity index (χ0) is 15.6. The van der Waals surface area contributed by atoms with Gasteiger partial charge in [0, 0.05) is 0 Å². The van der Waals surface area contributed by atoms with Crippen molar-refractivity contribution in [1.82, 2.24) is 0 Å². The van der Waals surface area contributed by atoms with E-state index in [1.807, 2.05) is 0 Å². The molecular formula is C20H40O. The van der Waals surface area contributed by atoms with Crippen molar-refractivity contribution in [3.63, 3.8) is 0 Å². The van der Waals surface area contributed by atoms with Crippen molar-refractivity contribution in [2.75, 3.05) is 0 Å². The van der Waals surface area contributed by atoms with Crippen molar-refractivity contribution in [3.8, 4) is 0 Å². The molecule has 0 amide bonds. The number of allylic oxidation sites excluding steroid dienone is 2. The third kappa shape index (κ3) is 17.6. The van der Waals surface area contributed by atoms with Gasteiger partial charge in [-0.2, -0.15) is 0 Å². The highest BCUT2D eigenvalue weighted by Gasteiger charge is 1.99. The molecule has 0 rings (SSSR count). The molecule has 0 aliphatic carbocycles. The molecule has 0 saturated heterocycles. The predicted octanol–water partition coefficient (Wildman–Crippen LogP) is 6.79. The SMILES string of the molecule is CCCCCCCC/C=C\CCCCCCCC(O)CC. The average molecular weight is 297 g/mol. The number of hydrogen-bond donors (Lipinski definition) is 1. The van der Waals surface area contributed by atoms with Gasteiger partial charge in [-0.15, -0.1) is 0 Å². The van der Waals surface area contributed by atoms with Gasteiger partial charge in [-0.3, -0.25) is 0 Å². The first-order chi connectivity index (χ1) is 10.3. The van der Waals surface area contributed by atoms with Crippen LogP contribution in [0.4, 0.5) is 0 Å². The summed E-state index contributed by atoms with van der Waals surface area (Å²) in [4.78, 5) is 0. The zero-order valence-electron chi connectivity index (χ0n) is 14.8. The Bertz CT molecular complexity index is 210. The van der Waals surface area contributed by atoms with E-state index in [9.17, 15) is 5.11 Å². The molecule has 1 unspecified atom stereocenters. The summed E-state index contributed by atoms with van der Waals surface area (Å²) in [7, 11) is 0. The molecule has 0 aromatic heterocycles. The smallest absolute Gasteiger partial charge is 0.0537 e. The van der Waals surface area contributed by atoms with E-state index in [1.165, 1.54) is 83.5 Å². The van der Waals surface area contributed by atoms with Gasteiger partial charge in [0.05, 0.1) is 6.10 Å². The van der Waals surface area contributed by atoms with Gasteiger partial charge in [0.1, 0.15) is 0 Å². The Morgan fingerprint density at radius 3 is 1.67 bits per heavy atom. The third-order valence-corrected chi connectivity index (χ3v) is 4.27. The molecule has 0 aliphatic heterocycles. The lowest BCUT2D eigenvalue weighted by molar-refractivity contribution is 0.156. The van der Waals surface area contributed by atoms with E-state index in [0.717, 1.165) is 12.8 Å². The fourth-order valence-electron chi connectivity index (χ4n) is 2.65. The van der Waals surface area contributed by atoms with Crippen LogP contribution in [0.1, 0.15) is 110 Å². The van der Waals surface area contributed by atoms with Crippen molar-refractivity contribution in [2.24, 2.45) is 0 Å². The summed E-state index contributed by atoms with van der Waals surface area (Å²) in [5, 5.41) is 9.45. The highest BCUT2D eigenvalue weighted by molar-refractivity contribution is 4.81. The maximum atomic E-state index is 9.45. The van der Waals surface area contributed by atoms with Gasteiger partial charge in [-0.05, 0) is 38.5 Å². The van der Waals surface area contributed by atoms with Gasteiger partial charge < -0.3 is 5.11 Å². The topological polar surface area (TPSA) is 20.2 Å². The molecule has 0 saturated carbocycles. The molecule has 1 heteroatoms. The molecule has 0 aliphatic rings. The van der Waals surface area contributed by atoms with Crippen molar-refractivity contribution in [3.05, 3.63) is 12.2 Å². The molecule has 1 N–H and O–H groups in total. The first kappa shape index (κ1) is 20.7. The Hall–Kier alpha value is -0.300. The molecule has 0 aromatic carbocycles. The van der Waals surface area contributed by atoms with Gasteiger partial charge in [0.2, 0.25) is 0 Å². The van der Waals surface area contributed by atoms with Crippen molar-refractivity contribution in [2.45, 2.75) is 116 Å². The Balaban J connectivity index is 3.08. The monoisotopic (exact) mass is 296 g/mol. The summed E-state index contributed by atoms with van der Waals surface area (Å²) in [5.74, 6) is 0. The minimum Gasteiger partial charge on any atom is -0.393 e. The lowest BCUT2D eigenvalue weighted by atomic mass is 10.1. The number of rotatable bonds is 16. The second-order valence-electron chi connectivity index (χ2n) is 6.44. The lowest BCUT2D eigenvalue weighted by Crippen LogP contribution is -2.03. The van der Waals surface area contributed by atoms with E-state index in [1.54, 1.807) is 0 Å². The lowest BCUT2D eigenvalue weighted by Gasteiger charge is -2.06. The van der Waals surface area contributed by atoms with Crippen LogP contribution < -0.4 is 0 Å². The molecule has 0 heterocycles. The van der Waals surface area contributed by atoms with Crippen LogP contribution in [-0.2, 0) is 0 Å². The normalized spacial score (nSPS) is 13.1. The van der Waals surface area contributed by atoms with E-state index < -0.39 is 0 Å². The van der Waals surface area contributed by atoms with Crippen molar-refractivity contribution < 1.29 is 5.11 Å². The standard InChI is InChI=1S/C20H40O/c1-3-5-6-7-8-9-10-11-12-13-14-15-16-17-18-19-20(21)4-2/h11-12,20-21H,3-10,13-19H2,1-2H3/b12-11-. The highest BCUT2D eigenvalue weighted by Crippen LogP contribution is 2.11. The first-order valence-electron chi connectivity index (χ1n) is 9.64. The minimum absolute atomic E-state index is 0.0603. The maximum absolute atomic E-state index is 9.45. The van der Waals surface area contributed by atoms with Gasteiger partial charge in [0.15, 0.2) is 0 Å². The Labute approximate surface area is 134 Å². The van der Waals surface area contributed by atoms with E-state index in [4.69, 9.17) is 0 Å². The molecule has 1 nitrogen and oxygen atoms in total. The fourth-order valence-corrected chi connectivity index (χ4v) is 2.65. The van der Waals surface area contributed by atoms with Crippen LogP contribution in [-0.4, -0.2) is 11.2 Å². The Kier molecular flexibility index (Phi) is 17.5. The Morgan fingerprint density at radius 2 is 1.14 bits per heavy atom. The number of aliphatic hydroxyl groups excluding tert-OH is 1. The van der Waals surface area contributed by atoms with Gasteiger partial charge in [0.25, 0.3) is 0 Å². The van der Waals surface area contributed by atoms with Crippen LogP contribution in [0.2, 0.25) is 0 Å². The molecule has 0 radical (unpaired) electrons. The van der Waals surface area contributed by atoms with Crippen LogP contribution in [0.5, 0.6) is 0 Å². The molecule has 0 fully saturated rings. The third-order valence-electron chi connectivity index (χ3n) is 4.27. The minimum atomic E-state index is -0.0603. The average Bonchev–Trinajstić information content (AvgIpc) is 2.50. The van der Waals surface area contributed by atoms with Gasteiger partial charge in [-0.25, -0.2) is 0 Å². The summed E-state index contributed by atoms with van der Waals surface area (Å²) < 4.78 is 0. The van der Waals surface area contributed by atoms with E-state index >= 15 is 0 Å². The molecule has 0 spiro atoms. The van der Waals surface area contributed by atoms with Crippen LogP contribution in [0.25, 0.3) is 0 Å². The molecular weight excluding hydrogens is 256 g/mol. The second kappa shape index (κ2) is 17.8. The van der Waals surface area contributed by atoms with Crippen LogP contribution in [0.15, 0.2) is 12.2 Å². The van der Waals surface area contributed by atoms with Crippen LogP contribution in [0.3, 0.4) is 0 Å².